The van der Waals surface area contributed by atoms with Crippen molar-refractivity contribution < 1.29 is 9.31 Å². The van der Waals surface area contributed by atoms with Gasteiger partial charge in [0, 0.05) is 15.8 Å². The van der Waals surface area contributed by atoms with Crippen LogP contribution in [0.5, 0.6) is 0 Å². The maximum atomic E-state index is 13.2. The lowest BCUT2D eigenvalue weighted by molar-refractivity contribution is -0.379. The van der Waals surface area contributed by atoms with Gasteiger partial charge in [0.1, 0.15) is 11.5 Å². The first-order chi connectivity index (χ1) is 11.0. The number of nitrogens with zero attached hydrogens (tertiary/aromatic N) is 2. The summed E-state index contributed by atoms with van der Waals surface area (Å²) < 4.78 is 13.9. The highest BCUT2D eigenvalue weighted by molar-refractivity contribution is 7.23. The maximum Gasteiger partial charge on any atom is 0.348 e. The smallest absolute Gasteiger partial charge is 0.348 e. The quantitative estimate of drug-likeness (QED) is 0.364. The number of benzene rings is 2. The Morgan fingerprint density at radius 2 is 2.09 bits per heavy atom. The molecule has 0 aliphatic carbocycles. The number of hydrogen-bond donors (Lipinski definition) is 1. The first kappa shape index (κ1) is 15.2. The molecule has 1 N–H and O–H groups in total. The summed E-state index contributed by atoms with van der Waals surface area (Å²) in [5.74, 6) is -0.566. The average molecular weight is 348 g/mol. The minimum absolute atomic E-state index is 0.0764. The van der Waals surface area contributed by atoms with Gasteiger partial charge in [-0.05, 0) is 24.3 Å². The summed E-state index contributed by atoms with van der Waals surface area (Å²) in [5.41, 5.74) is 1.15. The van der Waals surface area contributed by atoms with E-state index < -0.39 is 10.7 Å². The van der Waals surface area contributed by atoms with Gasteiger partial charge >= 0.3 is 5.00 Å². The van der Waals surface area contributed by atoms with Crippen LogP contribution in [0.2, 0.25) is 5.02 Å². The van der Waals surface area contributed by atoms with Crippen LogP contribution in [-0.4, -0.2) is 4.92 Å². The van der Waals surface area contributed by atoms with Crippen LogP contribution in [0.15, 0.2) is 36.4 Å². The van der Waals surface area contributed by atoms with Crippen LogP contribution in [0.25, 0.3) is 14.9 Å². The molecule has 1 aromatic heterocycles. The van der Waals surface area contributed by atoms with Crippen molar-refractivity contribution in [3.05, 3.63) is 68.8 Å². The summed E-state index contributed by atoms with van der Waals surface area (Å²) in [5, 5.41) is 14.7. The van der Waals surface area contributed by atoms with Crippen molar-refractivity contribution in [2.45, 2.75) is 0 Å². The number of nitro groups is 1. The van der Waals surface area contributed by atoms with Crippen LogP contribution in [0.3, 0.4) is 0 Å². The van der Waals surface area contributed by atoms with E-state index in [2.05, 4.69) is 10.2 Å². The van der Waals surface area contributed by atoms with Gasteiger partial charge < -0.3 is 5.32 Å². The van der Waals surface area contributed by atoms with Gasteiger partial charge in [-0.3, -0.25) is 10.1 Å². The van der Waals surface area contributed by atoms with Crippen molar-refractivity contribution in [2.24, 2.45) is 0 Å². The Hall–Kier alpha value is -2.69. The Kier molecular flexibility index (Phi) is 3.86. The number of hydrogen-bond acceptors (Lipinski definition) is 4. The molecule has 3 rings (SSSR count). The molecule has 0 radical (unpaired) electrons. The third-order valence-corrected chi connectivity index (χ3v) is 4.53. The molecule has 8 heteroatoms. The van der Waals surface area contributed by atoms with E-state index in [-0.39, 0.29) is 10.0 Å². The minimum Gasteiger partial charge on any atom is -0.349 e. The molecule has 2 aromatic carbocycles. The van der Waals surface area contributed by atoms with E-state index in [1.54, 1.807) is 18.2 Å². The van der Waals surface area contributed by atoms with Crippen molar-refractivity contribution in [3.63, 3.8) is 0 Å². The predicted molar refractivity (Wildman–Crippen MR) is 89.4 cm³/mol. The third-order valence-electron chi connectivity index (χ3n) is 3.14. The molecule has 3 aromatic rings. The molecule has 0 fully saturated rings. The number of rotatable bonds is 3. The zero-order chi connectivity index (χ0) is 16.6. The van der Waals surface area contributed by atoms with Crippen LogP contribution < -0.4 is 5.32 Å². The van der Waals surface area contributed by atoms with Crippen molar-refractivity contribution >= 4 is 55.1 Å². The summed E-state index contributed by atoms with van der Waals surface area (Å²) in [6, 6.07) is 8.83. The molecule has 0 atom stereocenters. The van der Waals surface area contributed by atoms with E-state index >= 15 is 0 Å². The first-order valence-electron chi connectivity index (χ1n) is 6.30. The highest BCUT2D eigenvalue weighted by Crippen LogP contribution is 2.44. The largest absolute Gasteiger partial charge is 0.349 e. The SMILES string of the molecule is [C-]#[N+]c1ccc2c(Nc3ccc(F)c(Cl)c3)c([N+](=O)[O-])sc2c1. The molecule has 1 heterocycles. The Balaban J connectivity index is 2.14. The van der Waals surface area contributed by atoms with Gasteiger partial charge in [0.05, 0.1) is 16.5 Å². The molecule has 23 heavy (non-hydrogen) atoms. The summed E-state index contributed by atoms with van der Waals surface area (Å²) >= 11 is 6.71. The minimum atomic E-state index is -0.566. The van der Waals surface area contributed by atoms with Crippen LogP contribution in [0, 0.1) is 22.5 Å². The molecule has 0 aliphatic heterocycles. The third kappa shape index (κ3) is 2.82. The van der Waals surface area contributed by atoms with Crippen LogP contribution in [0.4, 0.5) is 26.5 Å². The van der Waals surface area contributed by atoms with Gasteiger partial charge in [0.25, 0.3) is 0 Å². The highest BCUT2D eigenvalue weighted by atomic mass is 35.5. The van der Waals surface area contributed by atoms with Crippen LogP contribution in [0.1, 0.15) is 0 Å². The fourth-order valence-electron chi connectivity index (χ4n) is 2.11. The average Bonchev–Trinajstić information content (AvgIpc) is 2.89. The molecular weight excluding hydrogens is 341 g/mol. The Morgan fingerprint density at radius 1 is 1.30 bits per heavy atom. The highest BCUT2D eigenvalue weighted by Gasteiger charge is 2.22. The molecule has 0 bridgehead atoms. The van der Waals surface area contributed by atoms with Crippen LogP contribution >= 0.6 is 22.9 Å². The molecule has 0 spiro atoms. The predicted octanol–water partition coefficient (Wildman–Crippen LogP) is 5.90. The van der Waals surface area contributed by atoms with E-state index in [1.807, 2.05) is 0 Å². The Morgan fingerprint density at radius 3 is 2.74 bits per heavy atom. The topological polar surface area (TPSA) is 59.5 Å². The number of fused-ring (bicyclic) bond motifs is 1. The van der Waals surface area contributed by atoms with Gasteiger partial charge in [-0.1, -0.05) is 35.1 Å². The molecule has 0 saturated carbocycles. The molecule has 0 saturated heterocycles. The zero-order valence-electron chi connectivity index (χ0n) is 11.3. The van der Waals surface area contributed by atoms with E-state index in [0.29, 0.717) is 27.1 Å². The molecule has 0 amide bonds. The van der Waals surface area contributed by atoms with Crippen molar-refractivity contribution in [3.8, 4) is 0 Å². The van der Waals surface area contributed by atoms with Gasteiger partial charge in [-0.15, -0.1) is 0 Å². The monoisotopic (exact) mass is 347 g/mol. The zero-order valence-corrected chi connectivity index (χ0v) is 12.9. The van der Waals surface area contributed by atoms with Crippen molar-refractivity contribution in [2.75, 3.05) is 5.32 Å². The number of nitrogens with one attached hydrogen (secondary N) is 1. The molecule has 0 unspecified atom stereocenters. The number of thiophene rings is 1. The summed E-state index contributed by atoms with van der Waals surface area (Å²) in [6.45, 7) is 7.02. The number of halogens is 2. The fourth-order valence-corrected chi connectivity index (χ4v) is 3.30. The lowest BCUT2D eigenvalue weighted by Crippen LogP contribution is -1.94. The molecular formula is C15H7ClFN3O2S. The summed E-state index contributed by atoms with van der Waals surface area (Å²) in [7, 11) is 0. The van der Waals surface area contributed by atoms with Crippen LogP contribution in [-0.2, 0) is 0 Å². The number of anilines is 2. The fraction of sp³-hybridized carbons (Fsp3) is 0. The molecule has 0 aliphatic rings. The van der Waals surface area contributed by atoms with E-state index in [9.17, 15) is 14.5 Å². The van der Waals surface area contributed by atoms with Gasteiger partial charge in [0.15, 0.2) is 5.69 Å². The second-order valence-corrected chi connectivity index (χ2v) is 6.02. The van der Waals surface area contributed by atoms with Gasteiger partial charge in [-0.25, -0.2) is 9.24 Å². The summed E-state index contributed by atoms with van der Waals surface area (Å²) in [6.07, 6.45) is 0. The van der Waals surface area contributed by atoms with Gasteiger partial charge in [0.2, 0.25) is 0 Å². The standard InChI is InChI=1S/C15H7ClFN3O2S/c1-18-8-2-4-10-13(7-8)23-15(20(21)22)14(10)19-9-3-5-12(17)11(16)6-9/h2-7,19H. The normalized spacial score (nSPS) is 10.5. The van der Waals surface area contributed by atoms with E-state index in [0.717, 1.165) is 11.3 Å². The molecule has 114 valence electrons. The lowest BCUT2D eigenvalue weighted by Gasteiger charge is -2.06. The van der Waals surface area contributed by atoms with E-state index in [1.165, 1.54) is 18.2 Å². The maximum absolute atomic E-state index is 13.2. The lowest BCUT2D eigenvalue weighted by atomic mass is 10.2. The summed E-state index contributed by atoms with van der Waals surface area (Å²) in [4.78, 5) is 14.1. The Bertz CT molecular complexity index is 981. The second-order valence-electron chi connectivity index (χ2n) is 4.59. The van der Waals surface area contributed by atoms with Crippen molar-refractivity contribution in [1.29, 1.82) is 0 Å². The van der Waals surface area contributed by atoms with Crippen molar-refractivity contribution in [1.82, 2.24) is 0 Å². The first-order valence-corrected chi connectivity index (χ1v) is 7.49. The van der Waals surface area contributed by atoms with E-state index in [4.69, 9.17) is 18.2 Å². The Labute approximate surface area is 138 Å². The second kappa shape index (κ2) is 5.83. The van der Waals surface area contributed by atoms with Gasteiger partial charge in [-0.2, -0.15) is 0 Å². The molecule has 5 nitrogen and oxygen atoms in total.